The van der Waals surface area contributed by atoms with Crippen molar-refractivity contribution in [1.29, 1.82) is 10.5 Å². The SMILES string of the molecule is CCOC(=O)C1=C(C)NC(C)=CC1=C(C#N)C#N. The number of hydrogen-bond acceptors (Lipinski definition) is 5. The van der Waals surface area contributed by atoms with Crippen molar-refractivity contribution in [1.82, 2.24) is 5.32 Å². The highest BCUT2D eigenvalue weighted by molar-refractivity contribution is 5.96. The summed E-state index contributed by atoms with van der Waals surface area (Å²) < 4.78 is 4.94. The normalized spacial score (nSPS) is 14.1. The zero-order chi connectivity index (χ0) is 13.7. The molecule has 1 aliphatic heterocycles. The lowest BCUT2D eigenvalue weighted by Crippen LogP contribution is -2.22. The van der Waals surface area contributed by atoms with Crippen molar-refractivity contribution in [3.63, 3.8) is 0 Å². The van der Waals surface area contributed by atoms with Crippen molar-refractivity contribution in [3.05, 3.63) is 34.2 Å². The number of nitriles is 2. The number of carbonyl (C=O) groups excluding carboxylic acids is 1. The highest BCUT2D eigenvalue weighted by Crippen LogP contribution is 2.25. The Hall–Kier alpha value is -2.53. The van der Waals surface area contributed by atoms with Gasteiger partial charge in [0.1, 0.15) is 17.7 Å². The first kappa shape index (κ1) is 13.5. The molecule has 0 saturated carbocycles. The third kappa shape index (κ3) is 2.58. The molecule has 0 aliphatic carbocycles. The van der Waals surface area contributed by atoms with Crippen LogP contribution in [-0.2, 0) is 9.53 Å². The van der Waals surface area contributed by atoms with E-state index in [0.29, 0.717) is 11.3 Å². The molecule has 1 aliphatic rings. The molecule has 1 rings (SSSR count). The number of carbonyl (C=O) groups is 1. The lowest BCUT2D eigenvalue weighted by molar-refractivity contribution is -0.138. The molecule has 92 valence electrons. The third-order valence-electron chi connectivity index (χ3n) is 2.36. The average Bonchev–Trinajstić information content (AvgIpc) is 2.30. The van der Waals surface area contributed by atoms with Crippen LogP contribution in [0.2, 0.25) is 0 Å². The summed E-state index contributed by atoms with van der Waals surface area (Å²) in [6, 6.07) is 3.59. The Morgan fingerprint density at radius 2 is 2.00 bits per heavy atom. The lowest BCUT2D eigenvalue weighted by atomic mass is 9.95. The van der Waals surface area contributed by atoms with Gasteiger partial charge in [0.15, 0.2) is 0 Å². The van der Waals surface area contributed by atoms with E-state index in [4.69, 9.17) is 15.3 Å². The van der Waals surface area contributed by atoms with Gasteiger partial charge in [0, 0.05) is 17.0 Å². The van der Waals surface area contributed by atoms with E-state index in [-0.39, 0.29) is 17.8 Å². The van der Waals surface area contributed by atoms with Gasteiger partial charge in [0.25, 0.3) is 0 Å². The summed E-state index contributed by atoms with van der Waals surface area (Å²) >= 11 is 0. The first-order chi connectivity index (χ1) is 8.54. The van der Waals surface area contributed by atoms with E-state index in [1.807, 2.05) is 0 Å². The highest BCUT2D eigenvalue weighted by Gasteiger charge is 2.24. The van der Waals surface area contributed by atoms with Crippen molar-refractivity contribution in [3.8, 4) is 12.1 Å². The average molecular weight is 243 g/mol. The first-order valence-corrected chi connectivity index (χ1v) is 5.43. The summed E-state index contributed by atoms with van der Waals surface area (Å²) in [6.07, 6.45) is 1.60. The molecule has 0 amide bonds. The predicted octanol–water partition coefficient (Wildman–Crippen LogP) is 1.67. The Balaban J connectivity index is 3.41. The molecule has 0 aromatic carbocycles. The zero-order valence-corrected chi connectivity index (χ0v) is 10.5. The molecule has 0 spiro atoms. The summed E-state index contributed by atoms with van der Waals surface area (Å²) in [5, 5.41) is 20.8. The molecular formula is C13H13N3O2. The Morgan fingerprint density at radius 3 is 2.50 bits per heavy atom. The van der Waals surface area contributed by atoms with Gasteiger partial charge in [-0.15, -0.1) is 0 Å². The fourth-order valence-corrected chi connectivity index (χ4v) is 1.69. The van der Waals surface area contributed by atoms with Gasteiger partial charge < -0.3 is 10.1 Å². The van der Waals surface area contributed by atoms with Gasteiger partial charge in [-0.3, -0.25) is 0 Å². The maximum absolute atomic E-state index is 11.9. The number of esters is 1. The van der Waals surface area contributed by atoms with Crippen LogP contribution in [0.5, 0.6) is 0 Å². The molecule has 0 bridgehead atoms. The van der Waals surface area contributed by atoms with Gasteiger partial charge in [-0.1, -0.05) is 0 Å². The minimum Gasteiger partial charge on any atom is -0.462 e. The number of dihydropyridines is 1. The topological polar surface area (TPSA) is 85.9 Å². The van der Waals surface area contributed by atoms with E-state index in [1.54, 1.807) is 39.0 Å². The smallest absolute Gasteiger partial charge is 0.340 e. The Morgan fingerprint density at radius 1 is 1.39 bits per heavy atom. The number of nitrogens with one attached hydrogen (secondary N) is 1. The van der Waals surface area contributed by atoms with Crippen LogP contribution in [0, 0.1) is 22.7 Å². The number of hydrogen-bond donors (Lipinski definition) is 1. The molecule has 0 atom stereocenters. The Kier molecular flexibility index (Phi) is 4.28. The van der Waals surface area contributed by atoms with Crippen LogP contribution >= 0.6 is 0 Å². The summed E-state index contributed by atoms with van der Waals surface area (Å²) in [4.78, 5) is 11.9. The van der Waals surface area contributed by atoms with E-state index in [2.05, 4.69) is 5.32 Å². The second kappa shape index (κ2) is 5.70. The van der Waals surface area contributed by atoms with Crippen LogP contribution < -0.4 is 5.32 Å². The second-order valence-corrected chi connectivity index (χ2v) is 3.69. The Bertz CT molecular complexity index is 538. The molecule has 0 aromatic heterocycles. The van der Waals surface area contributed by atoms with Crippen molar-refractivity contribution in [2.75, 3.05) is 6.61 Å². The largest absolute Gasteiger partial charge is 0.462 e. The summed E-state index contributed by atoms with van der Waals surface area (Å²) in [6.45, 7) is 5.43. The van der Waals surface area contributed by atoms with Crippen LogP contribution in [0.25, 0.3) is 0 Å². The number of ether oxygens (including phenoxy) is 1. The zero-order valence-electron chi connectivity index (χ0n) is 10.5. The molecular weight excluding hydrogens is 230 g/mol. The molecule has 18 heavy (non-hydrogen) atoms. The lowest BCUT2D eigenvalue weighted by Gasteiger charge is -2.20. The minimum atomic E-state index is -0.538. The molecule has 1 N–H and O–H groups in total. The third-order valence-corrected chi connectivity index (χ3v) is 2.36. The minimum absolute atomic E-state index is 0.0988. The van der Waals surface area contributed by atoms with E-state index in [9.17, 15) is 4.79 Å². The fourth-order valence-electron chi connectivity index (χ4n) is 1.69. The van der Waals surface area contributed by atoms with Crippen LogP contribution in [0.4, 0.5) is 0 Å². The fraction of sp³-hybridized carbons (Fsp3) is 0.308. The summed E-state index contributed by atoms with van der Waals surface area (Å²) in [7, 11) is 0. The molecule has 0 aromatic rings. The van der Waals surface area contributed by atoms with Gasteiger partial charge in [0.05, 0.1) is 12.2 Å². The van der Waals surface area contributed by atoms with Crippen LogP contribution in [0.15, 0.2) is 34.2 Å². The first-order valence-electron chi connectivity index (χ1n) is 5.43. The molecule has 0 saturated heterocycles. The summed E-state index contributed by atoms with van der Waals surface area (Å²) in [5.74, 6) is -0.538. The van der Waals surface area contributed by atoms with Gasteiger partial charge >= 0.3 is 5.97 Å². The van der Waals surface area contributed by atoms with E-state index >= 15 is 0 Å². The maximum atomic E-state index is 11.9. The maximum Gasteiger partial charge on any atom is 0.340 e. The van der Waals surface area contributed by atoms with Crippen molar-refractivity contribution in [2.45, 2.75) is 20.8 Å². The van der Waals surface area contributed by atoms with Crippen molar-refractivity contribution >= 4 is 5.97 Å². The number of nitrogens with zero attached hydrogens (tertiary/aromatic N) is 2. The summed E-state index contributed by atoms with van der Waals surface area (Å²) in [5.41, 5.74) is 1.79. The highest BCUT2D eigenvalue weighted by atomic mass is 16.5. The van der Waals surface area contributed by atoms with Gasteiger partial charge in [-0.25, -0.2) is 4.79 Å². The quantitative estimate of drug-likeness (QED) is 0.589. The second-order valence-electron chi connectivity index (χ2n) is 3.69. The molecule has 5 nitrogen and oxygen atoms in total. The standard InChI is InChI=1S/C13H13N3O2/c1-4-18-13(17)12-9(3)16-8(2)5-11(12)10(6-14)7-15/h5,16H,4H2,1-3H3. The molecule has 0 radical (unpaired) electrons. The van der Waals surface area contributed by atoms with Crippen LogP contribution in [0.3, 0.4) is 0 Å². The van der Waals surface area contributed by atoms with Gasteiger partial charge in [0.2, 0.25) is 0 Å². The molecule has 1 heterocycles. The number of allylic oxidation sites excluding steroid dienone is 4. The predicted molar refractivity (Wildman–Crippen MR) is 64.5 cm³/mol. The van der Waals surface area contributed by atoms with E-state index in [1.165, 1.54) is 0 Å². The Labute approximate surface area is 106 Å². The molecule has 0 unspecified atom stereocenters. The van der Waals surface area contributed by atoms with E-state index in [0.717, 1.165) is 5.70 Å². The van der Waals surface area contributed by atoms with Crippen LogP contribution in [0.1, 0.15) is 20.8 Å². The van der Waals surface area contributed by atoms with Crippen LogP contribution in [-0.4, -0.2) is 12.6 Å². The molecule has 0 fully saturated rings. The van der Waals surface area contributed by atoms with Crippen molar-refractivity contribution in [2.24, 2.45) is 0 Å². The number of rotatable bonds is 2. The van der Waals surface area contributed by atoms with Gasteiger partial charge in [-0.2, -0.15) is 10.5 Å². The molecule has 5 heteroatoms. The van der Waals surface area contributed by atoms with Crippen molar-refractivity contribution < 1.29 is 9.53 Å². The van der Waals surface area contributed by atoms with Gasteiger partial charge in [-0.05, 0) is 26.8 Å². The van der Waals surface area contributed by atoms with E-state index < -0.39 is 5.97 Å². The monoisotopic (exact) mass is 243 g/mol.